The molecule has 0 bridgehead atoms. The number of rotatable bonds is 3. The van der Waals surface area contributed by atoms with E-state index in [1.165, 1.54) is 19.4 Å². The first-order valence-corrected chi connectivity index (χ1v) is 7.54. The normalized spacial score (nSPS) is 11.4. The minimum absolute atomic E-state index is 0.315. The van der Waals surface area contributed by atoms with Crippen molar-refractivity contribution in [2.75, 3.05) is 7.11 Å². The van der Waals surface area contributed by atoms with Gasteiger partial charge in [-0.25, -0.2) is 9.97 Å². The van der Waals surface area contributed by atoms with Gasteiger partial charge in [0.15, 0.2) is 11.6 Å². The van der Waals surface area contributed by atoms with Crippen molar-refractivity contribution >= 4 is 0 Å². The second kappa shape index (κ2) is 6.55. The molecule has 0 radical (unpaired) electrons. The number of hydrogen-bond acceptors (Lipinski definition) is 3. The van der Waals surface area contributed by atoms with E-state index < -0.39 is 11.7 Å². The summed E-state index contributed by atoms with van der Waals surface area (Å²) in [6.45, 7) is 1.97. The van der Waals surface area contributed by atoms with Gasteiger partial charge in [-0.2, -0.15) is 13.2 Å². The first-order valence-electron chi connectivity index (χ1n) is 7.54. The summed E-state index contributed by atoms with van der Waals surface area (Å²) in [6, 6.07) is 12.6. The fourth-order valence-corrected chi connectivity index (χ4v) is 2.41. The van der Waals surface area contributed by atoms with E-state index in [1.54, 1.807) is 6.07 Å². The molecule has 0 aliphatic carbocycles. The Hall–Kier alpha value is -2.89. The van der Waals surface area contributed by atoms with Crippen molar-refractivity contribution in [3.8, 4) is 28.4 Å². The number of benzene rings is 2. The first kappa shape index (κ1) is 17.0. The number of ether oxygens (including phenoxy) is 1. The summed E-state index contributed by atoms with van der Waals surface area (Å²) in [5.74, 6) is 0.739. The number of halogens is 3. The Bertz CT molecular complexity index is 890. The molecule has 6 heteroatoms. The predicted octanol–water partition coefficient (Wildman–Crippen LogP) is 5.15. The van der Waals surface area contributed by atoms with Gasteiger partial charge < -0.3 is 4.74 Å². The number of nitrogens with zero attached hydrogens (tertiary/aromatic N) is 2. The average Bonchev–Trinajstić information content (AvgIpc) is 2.61. The molecule has 0 aliphatic heterocycles. The van der Waals surface area contributed by atoms with Gasteiger partial charge in [0, 0.05) is 11.1 Å². The Kier molecular flexibility index (Phi) is 4.44. The van der Waals surface area contributed by atoms with Crippen LogP contribution in [-0.4, -0.2) is 17.1 Å². The van der Waals surface area contributed by atoms with E-state index in [1.807, 2.05) is 31.2 Å². The molecule has 1 aromatic heterocycles. The van der Waals surface area contributed by atoms with Gasteiger partial charge in [-0.1, -0.05) is 42.0 Å². The van der Waals surface area contributed by atoms with Crippen LogP contribution in [0.1, 0.15) is 11.1 Å². The van der Waals surface area contributed by atoms with E-state index >= 15 is 0 Å². The Morgan fingerprint density at radius 2 is 1.68 bits per heavy atom. The second-order valence-electron chi connectivity index (χ2n) is 5.56. The highest BCUT2D eigenvalue weighted by Crippen LogP contribution is 2.35. The van der Waals surface area contributed by atoms with E-state index in [4.69, 9.17) is 4.74 Å². The molecule has 0 spiro atoms. The second-order valence-corrected chi connectivity index (χ2v) is 5.56. The lowest BCUT2D eigenvalue weighted by Crippen LogP contribution is -2.05. The molecule has 25 heavy (non-hydrogen) atoms. The van der Waals surface area contributed by atoms with E-state index in [0.29, 0.717) is 22.8 Å². The number of aryl methyl sites for hydroxylation is 1. The molecule has 0 atom stereocenters. The molecule has 3 nitrogen and oxygen atoms in total. The van der Waals surface area contributed by atoms with Gasteiger partial charge in [0.05, 0.1) is 18.9 Å². The summed E-state index contributed by atoms with van der Waals surface area (Å²) < 4.78 is 44.2. The third-order valence-electron chi connectivity index (χ3n) is 3.75. The Morgan fingerprint density at radius 1 is 0.960 bits per heavy atom. The van der Waals surface area contributed by atoms with Gasteiger partial charge >= 0.3 is 6.18 Å². The van der Waals surface area contributed by atoms with Crippen LogP contribution >= 0.6 is 0 Å². The van der Waals surface area contributed by atoms with Crippen LogP contribution in [0.2, 0.25) is 0 Å². The van der Waals surface area contributed by atoms with Gasteiger partial charge in [-0.05, 0) is 19.1 Å². The molecule has 0 unspecified atom stereocenters. The SMILES string of the molecule is COc1cnc(-c2ccc(C)cc2)nc1-c1cccc(C(F)(F)F)c1. The highest BCUT2D eigenvalue weighted by Gasteiger charge is 2.30. The molecule has 0 amide bonds. The predicted molar refractivity (Wildman–Crippen MR) is 89.2 cm³/mol. The van der Waals surface area contributed by atoms with Gasteiger partial charge in [0.25, 0.3) is 0 Å². The Labute approximate surface area is 143 Å². The van der Waals surface area contributed by atoms with E-state index in [9.17, 15) is 13.2 Å². The van der Waals surface area contributed by atoms with Crippen LogP contribution < -0.4 is 4.74 Å². The van der Waals surface area contributed by atoms with Crippen molar-refractivity contribution in [1.29, 1.82) is 0 Å². The summed E-state index contributed by atoms with van der Waals surface area (Å²) in [4.78, 5) is 8.68. The summed E-state index contributed by atoms with van der Waals surface area (Å²) >= 11 is 0. The van der Waals surface area contributed by atoms with Gasteiger partial charge in [0.2, 0.25) is 0 Å². The van der Waals surface area contributed by atoms with Gasteiger partial charge in [0.1, 0.15) is 5.69 Å². The van der Waals surface area contributed by atoms with E-state index in [0.717, 1.165) is 23.3 Å². The smallest absolute Gasteiger partial charge is 0.416 e. The van der Waals surface area contributed by atoms with Gasteiger partial charge in [-0.15, -0.1) is 0 Å². The molecular formula is C19H15F3N2O. The van der Waals surface area contributed by atoms with Crippen molar-refractivity contribution in [2.45, 2.75) is 13.1 Å². The van der Waals surface area contributed by atoms with Gasteiger partial charge in [-0.3, -0.25) is 0 Å². The van der Waals surface area contributed by atoms with Crippen LogP contribution in [0, 0.1) is 6.92 Å². The number of alkyl halides is 3. The zero-order valence-electron chi connectivity index (χ0n) is 13.6. The average molecular weight is 344 g/mol. The lowest BCUT2D eigenvalue weighted by Gasteiger charge is -2.12. The van der Waals surface area contributed by atoms with Crippen LogP contribution in [0.25, 0.3) is 22.6 Å². The van der Waals surface area contributed by atoms with Crippen LogP contribution in [0.3, 0.4) is 0 Å². The Balaban J connectivity index is 2.12. The molecule has 0 saturated carbocycles. The molecule has 0 N–H and O–H groups in total. The first-order chi connectivity index (χ1) is 11.9. The fraction of sp³-hybridized carbons (Fsp3) is 0.158. The standard InChI is InChI=1S/C19H15F3N2O/c1-12-6-8-13(9-7-12)18-23-11-16(25-2)17(24-18)14-4-3-5-15(10-14)19(20,21)22/h3-11H,1-2H3. The molecule has 0 fully saturated rings. The number of aromatic nitrogens is 2. The van der Waals surface area contributed by atoms with Crippen molar-refractivity contribution < 1.29 is 17.9 Å². The van der Waals surface area contributed by atoms with E-state index in [2.05, 4.69) is 9.97 Å². The zero-order chi connectivity index (χ0) is 18.0. The molecule has 0 saturated heterocycles. The van der Waals surface area contributed by atoms with Crippen LogP contribution in [0.4, 0.5) is 13.2 Å². The lowest BCUT2D eigenvalue weighted by molar-refractivity contribution is -0.137. The molecule has 3 rings (SSSR count). The third-order valence-corrected chi connectivity index (χ3v) is 3.75. The topological polar surface area (TPSA) is 35.0 Å². The maximum Gasteiger partial charge on any atom is 0.416 e. The maximum absolute atomic E-state index is 13.0. The van der Waals surface area contributed by atoms with E-state index in [-0.39, 0.29) is 0 Å². The third kappa shape index (κ3) is 3.63. The quantitative estimate of drug-likeness (QED) is 0.659. The highest BCUT2D eigenvalue weighted by atomic mass is 19.4. The van der Waals surface area contributed by atoms with Crippen molar-refractivity contribution in [3.05, 3.63) is 65.9 Å². The van der Waals surface area contributed by atoms with Crippen LogP contribution in [0.15, 0.2) is 54.7 Å². The molecule has 1 heterocycles. The summed E-state index contributed by atoms with van der Waals surface area (Å²) in [5.41, 5.74) is 1.78. The molecular weight excluding hydrogens is 329 g/mol. The molecule has 128 valence electrons. The summed E-state index contributed by atoms with van der Waals surface area (Å²) in [6.07, 6.45) is -2.95. The minimum atomic E-state index is -4.42. The minimum Gasteiger partial charge on any atom is -0.493 e. The van der Waals surface area contributed by atoms with Crippen molar-refractivity contribution in [3.63, 3.8) is 0 Å². The number of methoxy groups -OCH3 is 1. The number of hydrogen-bond donors (Lipinski definition) is 0. The summed E-state index contributed by atoms with van der Waals surface area (Å²) in [5, 5.41) is 0. The lowest BCUT2D eigenvalue weighted by atomic mass is 10.1. The van der Waals surface area contributed by atoms with Crippen LogP contribution in [0.5, 0.6) is 5.75 Å². The molecule has 2 aromatic carbocycles. The highest BCUT2D eigenvalue weighted by molar-refractivity contribution is 5.69. The molecule has 0 aliphatic rings. The zero-order valence-corrected chi connectivity index (χ0v) is 13.6. The largest absolute Gasteiger partial charge is 0.493 e. The Morgan fingerprint density at radius 3 is 2.32 bits per heavy atom. The monoisotopic (exact) mass is 344 g/mol. The van der Waals surface area contributed by atoms with Crippen molar-refractivity contribution in [2.24, 2.45) is 0 Å². The summed E-state index contributed by atoms with van der Waals surface area (Å²) in [7, 11) is 1.43. The van der Waals surface area contributed by atoms with Crippen LogP contribution in [-0.2, 0) is 6.18 Å². The molecule has 3 aromatic rings. The van der Waals surface area contributed by atoms with Crippen molar-refractivity contribution in [1.82, 2.24) is 9.97 Å². The fourth-order valence-electron chi connectivity index (χ4n) is 2.41. The maximum atomic E-state index is 13.0.